The van der Waals surface area contributed by atoms with E-state index in [0.717, 1.165) is 6.07 Å². The lowest BCUT2D eigenvalue weighted by molar-refractivity contribution is -0.161. The number of benzene rings is 1. The van der Waals surface area contributed by atoms with Gasteiger partial charge >= 0.3 is 11.8 Å². The summed E-state index contributed by atoms with van der Waals surface area (Å²) in [4.78, 5) is 25.8. The van der Waals surface area contributed by atoms with Gasteiger partial charge in [-0.15, -0.1) is 0 Å². The van der Waals surface area contributed by atoms with Crippen LogP contribution in [0.3, 0.4) is 0 Å². The molecular weight excluding hydrogens is 301 g/mol. The van der Waals surface area contributed by atoms with Crippen LogP contribution in [0, 0.1) is 17.1 Å². The third kappa shape index (κ3) is 4.05. The van der Waals surface area contributed by atoms with E-state index in [2.05, 4.69) is 5.32 Å². The summed E-state index contributed by atoms with van der Waals surface area (Å²) in [5, 5.41) is 11.2. The van der Waals surface area contributed by atoms with Crippen LogP contribution in [0.25, 0.3) is 0 Å². The molecule has 0 spiro atoms. The summed E-state index contributed by atoms with van der Waals surface area (Å²) in [6.07, 6.45) is -0.175. The molecule has 0 saturated carbocycles. The third-order valence-electron chi connectivity index (χ3n) is 3.40. The van der Waals surface area contributed by atoms with Crippen LogP contribution in [0.5, 0.6) is 0 Å². The van der Waals surface area contributed by atoms with Crippen molar-refractivity contribution >= 4 is 17.5 Å². The molecule has 0 aromatic heterocycles. The minimum atomic E-state index is -0.828. The van der Waals surface area contributed by atoms with Gasteiger partial charge in [-0.2, -0.15) is 5.26 Å². The normalized spacial score (nSPS) is 19.8. The van der Waals surface area contributed by atoms with E-state index in [1.54, 1.807) is 6.07 Å². The molecule has 1 N–H and O–H groups in total. The monoisotopic (exact) mass is 319 g/mol. The van der Waals surface area contributed by atoms with Crippen molar-refractivity contribution in [1.82, 2.24) is 4.90 Å². The van der Waals surface area contributed by atoms with E-state index in [4.69, 9.17) is 10.00 Å². The maximum absolute atomic E-state index is 13.3. The summed E-state index contributed by atoms with van der Waals surface area (Å²) in [5.41, 5.74) is -0.532. The molecule has 7 heteroatoms. The van der Waals surface area contributed by atoms with Crippen molar-refractivity contribution < 1.29 is 18.7 Å². The summed E-state index contributed by atoms with van der Waals surface area (Å²) in [5.74, 6) is -2.19. The van der Waals surface area contributed by atoms with Gasteiger partial charge in [-0.05, 0) is 39.0 Å². The minimum absolute atomic E-state index is 0.175. The van der Waals surface area contributed by atoms with Crippen LogP contribution in [-0.2, 0) is 14.3 Å². The highest BCUT2D eigenvalue weighted by atomic mass is 19.1. The number of halogens is 1. The second kappa shape index (κ2) is 6.34. The van der Waals surface area contributed by atoms with Gasteiger partial charge < -0.3 is 15.0 Å². The van der Waals surface area contributed by atoms with Crippen LogP contribution < -0.4 is 5.32 Å². The van der Waals surface area contributed by atoms with E-state index < -0.39 is 23.2 Å². The predicted molar refractivity (Wildman–Crippen MR) is 81.0 cm³/mol. The molecule has 0 radical (unpaired) electrons. The smallest absolute Gasteiger partial charge is 0.313 e. The zero-order chi connectivity index (χ0) is 17.2. The number of morpholine rings is 1. The second-order valence-corrected chi connectivity index (χ2v) is 6.13. The molecule has 0 unspecified atom stereocenters. The van der Waals surface area contributed by atoms with Gasteiger partial charge in [0.25, 0.3) is 0 Å². The van der Waals surface area contributed by atoms with E-state index in [9.17, 15) is 14.0 Å². The topological polar surface area (TPSA) is 82.4 Å². The molecule has 6 nitrogen and oxygen atoms in total. The van der Waals surface area contributed by atoms with Crippen molar-refractivity contribution in [3.63, 3.8) is 0 Å². The van der Waals surface area contributed by atoms with Crippen molar-refractivity contribution in [3.8, 4) is 6.07 Å². The lowest BCUT2D eigenvalue weighted by Gasteiger charge is -2.41. The molecule has 1 fully saturated rings. The summed E-state index contributed by atoms with van der Waals surface area (Å²) >= 11 is 0. The Balaban J connectivity index is 2.09. The van der Waals surface area contributed by atoms with E-state index in [1.165, 1.54) is 17.0 Å². The quantitative estimate of drug-likeness (QED) is 0.798. The van der Waals surface area contributed by atoms with E-state index in [0.29, 0.717) is 13.1 Å². The summed E-state index contributed by atoms with van der Waals surface area (Å²) in [7, 11) is 0. The van der Waals surface area contributed by atoms with E-state index in [-0.39, 0.29) is 17.4 Å². The Labute approximate surface area is 133 Å². The average Bonchev–Trinajstić information content (AvgIpc) is 2.46. The van der Waals surface area contributed by atoms with Crippen molar-refractivity contribution in [1.29, 1.82) is 5.26 Å². The van der Waals surface area contributed by atoms with Crippen LogP contribution in [0.4, 0.5) is 10.1 Å². The highest BCUT2D eigenvalue weighted by Gasteiger charge is 2.35. The van der Waals surface area contributed by atoms with Crippen LogP contribution in [0.15, 0.2) is 18.2 Å². The van der Waals surface area contributed by atoms with Crippen molar-refractivity contribution in [2.24, 2.45) is 0 Å². The summed E-state index contributed by atoms with van der Waals surface area (Å²) in [6.45, 7) is 6.15. The van der Waals surface area contributed by atoms with Gasteiger partial charge in [0.2, 0.25) is 0 Å². The number of hydrogen-bond acceptors (Lipinski definition) is 4. The highest BCUT2D eigenvalue weighted by molar-refractivity contribution is 6.39. The number of rotatable bonds is 1. The van der Waals surface area contributed by atoms with Crippen molar-refractivity contribution in [2.75, 3.05) is 18.4 Å². The second-order valence-electron chi connectivity index (χ2n) is 6.13. The number of amides is 2. The maximum atomic E-state index is 13.3. The van der Waals surface area contributed by atoms with Gasteiger partial charge in [-0.3, -0.25) is 9.59 Å². The number of nitrogens with one attached hydrogen (secondary N) is 1. The molecule has 0 aliphatic carbocycles. The molecule has 1 aromatic rings. The zero-order valence-corrected chi connectivity index (χ0v) is 13.2. The average molecular weight is 319 g/mol. The number of hydrogen-bond donors (Lipinski definition) is 1. The van der Waals surface area contributed by atoms with Crippen LogP contribution in [0.1, 0.15) is 26.3 Å². The van der Waals surface area contributed by atoms with Crippen molar-refractivity contribution in [3.05, 3.63) is 29.6 Å². The number of carbonyl (C=O) groups is 2. The van der Waals surface area contributed by atoms with E-state index >= 15 is 0 Å². The fourth-order valence-corrected chi connectivity index (χ4v) is 2.63. The fourth-order valence-electron chi connectivity index (χ4n) is 2.63. The first-order valence-electron chi connectivity index (χ1n) is 7.19. The van der Waals surface area contributed by atoms with Gasteiger partial charge in [0.05, 0.1) is 17.3 Å². The molecule has 1 atom stereocenters. The Bertz CT molecular complexity index is 682. The molecule has 2 amide bonds. The molecule has 23 heavy (non-hydrogen) atoms. The van der Waals surface area contributed by atoms with Gasteiger partial charge in [-0.1, -0.05) is 0 Å². The third-order valence-corrected chi connectivity index (χ3v) is 3.40. The molecule has 1 heterocycles. The van der Waals surface area contributed by atoms with E-state index in [1.807, 2.05) is 20.8 Å². The number of ether oxygens (including phenoxy) is 1. The van der Waals surface area contributed by atoms with Gasteiger partial charge in [0.15, 0.2) is 0 Å². The lowest BCUT2D eigenvalue weighted by atomic mass is 10.1. The van der Waals surface area contributed by atoms with Crippen molar-refractivity contribution in [2.45, 2.75) is 32.5 Å². The number of nitrogens with zero attached hydrogens (tertiary/aromatic N) is 2. The fraction of sp³-hybridized carbons (Fsp3) is 0.438. The Morgan fingerprint density at radius 2 is 2.17 bits per heavy atom. The molecule has 1 saturated heterocycles. The largest absolute Gasteiger partial charge is 0.369 e. The molecule has 1 aromatic carbocycles. The Morgan fingerprint density at radius 3 is 2.78 bits per heavy atom. The molecule has 122 valence electrons. The predicted octanol–water partition coefficient (Wildman–Crippen LogP) is 1.66. The standard InChI is InChI=1S/C16H18FN3O3/c1-10-8-20(9-16(2,3)23-10)15(22)14(21)19-12-4-5-13(17)11(6-12)7-18/h4-6,10H,8-9H2,1-3H3,(H,19,21)/t10-/m1/s1. The first-order valence-corrected chi connectivity index (χ1v) is 7.19. The molecule has 0 bridgehead atoms. The van der Waals surface area contributed by atoms with Gasteiger partial charge in [-0.25, -0.2) is 4.39 Å². The molecule has 2 rings (SSSR count). The summed E-state index contributed by atoms with van der Waals surface area (Å²) < 4.78 is 19.0. The number of carbonyl (C=O) groups excluding carboxylic acids is 2. The zero-order valence-electron chi connectivity index (χ0n) is 13.2. The van der Waals surface area contributed by atoms with Crippen LogP contribution in [0.2, 0.25) is 0 Å². The first kappa shape index (κ1) is 16.9. The first-order chi connectivity index (χ1) is 10.7. The van der Waals surface area contributed by atoms with Gasteiger partial charge in [0.1, 0.15) is 11.9 Å². The summed E-state index contributed by atoms with van der Waals surface area (Å²) in [6, 6.07) is 5.23. The minimum Gasteiger partial charge on any atom is -0.369 e. The van der Waals surface area contributed by atoms with Gasteiger partial charge in [0, 0.05) is 18.8 Å². The van der Waals surface area contributed by atoms with Crippen LogP contribution >= 0.6 is 0 Å². The molecule has 1 aliphatic heterocycles. The molecule has 1 aliphatic rings. The lowest BCUT2D eigenvalue weighted by Crippen LogP contribution is -2.56. The number of nitriles is 1. The Kier molecular flexibility index (Phi) is 4.66. The number of anilines is 1. The molecular formula is C16H18FN3O3. The Morgan fingerprint density at radius 1 is 1.48 bits per heavy atom. The Hall–Kier alpha value is -2.46. The van der Waals surface area contributed by atoms with Crippen LogP contribution in [-0.4, -0.2) is 41.5 Å². The maximum Gasteiger partial charge on any atom is 0.313 e. The highest BCUT2D eigenvalue weighted by Crippen LogP contribution is 2.21. The SMILES string of the molecule is C[C@@H]1CN(C(=O)C(=O)Nc2ccc(F)c(C#N)c2)CC(C)(C)O1.